The van der Waals surface area contributed by atoms with E-state index in [-0.39, 0.29) is 46.9 Å². The van der Waals surface area contributed by atoms with E-state index < -0.39 is 40.9 Å². The number of aromatic nitrogens is 1. The maximum atomic E-state index is 12.5. The number of halogens is 1. The van der Waals surface area contributed by atoms with Crippen LogP contribution in [-0.2, 0) is 23.9 Å². The number of aliphatic carboxylic acids is 1. The van der Waals surface area contributed by atoms with Crippen LogP contribution in [0.3, 0.4) is 0 Å². The zero-order valence-electron chi connectivity index (χ0n) is 15.2. The van der Waals surface area contributed by atoms with Gasteiger partial charge in [0.2, 0.25) is 0 Å². The predicted octanol–water partition coefficient (Wildman–Crippen LogP) is -0.373. The molecule has 1 fully saturated rings. The number of β-lactam (4-membered cyclic amide) rings is 1. The zero-order valence-corrected chi connectivity index (χ0v) is 17.7. The van der Waals surface area contributed by atoms with E-state index in [1.807, 2.05) is 0 Å². The molecule has 0 aromatic carbocycles. The number of oxime groups is 1. The second kappa shape index (κ2) is 9.32. The Morgan fingerprint density at radius 3 is 2.70 bits per heavy atom. The van der Waals surface area contributed by atoms with Crippen LogP contribution >= 0.6 is 35.5 Å². The Labute approximate surface area is 183 Å². The van der Waals surface area contributed by atoms with Crippen LogP contribution in [0.2, 0.25) is 0 Å². The maximum absolute atomic E-state index is 12.5. The summed E-state index contributed by atoms with van der Waals surface area (Å²) in [7, 11) is 0. The number of carbonyl (C=O) groups is 4. The number of carboxylic acid groups (broad SMARTS) is 1. The summed E-state index contributed by atoms with van der Waals surface area (Å²) < 4.78 is 4.85. The van der Waals surface area contributed by atoms with Crippen LogP contribution in [0.5, 0.6) is 0 Å². The molecule has 2 unspecified atom stereocenters. The number of rotatable bonds is 6. The van der Waals surface area contributed by atoms with Crippen LogP contribution in [0.25, 0.3) is 0 Å². The van der Waals surface area contributed by atoms with Crippen LogP contribution < -0.4 is 11.1 Å². The van der Waals surface area contributed by atoms with Gasteiger partial charge in [-0.15, -0.1) is 35.5 Å². The molecule has 2 aliphatic rings. The largest absolute Gasteiger partial charge is 0.477 e. The van der Waals surface area contributed by atoms with E-state index in [9.17, 15) is 24.3 Å². The molecular weight excluding hydrogens is 462 g/mol. The van der Waals surface area contributed by atoms with Gasteiger partial charge in [0, 0.05) is 23.6 Å². The van der Waals surface area contributed by atoms with Crippen molar-refractivity contribution in [1.82, 2.24) is 15.2 Å². The Morgan fingerprint density at radius 2 is 2.17 bits per heavy atom. The Kier molecular flexibility index (Phi) is 7.28. The summed E-state index contributed by atoms with van der Waals surface area (Å²) in [4.78, 5) is 52.5. The van der Waals surface area contributed by atoms with E-state index in [0.717, 1.165) is 16.2 Å². The van der Waals surface area contributed by atoms with Crippen molar-refractivity contribution in [3.63, 3.8) is 0 Å². The molecule has 3 heterocycles. The van der Waals surface area contributed by atoms with Crippen molar-refractivity contribution in [3.05, 3.63) is 22.3 Å². The Balaban J connectivity index is 0.00000320. The molecule has 1 saturated heterocycles. The Hall–Kier alpha value is -2.84. The number of nitrogens with one attached hydrogen (secondary N) is 1. The van der Waals surface area contributed by atoms with Crippen LogP contribution in [0, 0.1) is 0 Å². The number of esters is 1. The van der Waals surface area contributed by atoms with Gasteiger partial charge in [-0.1, -0.05) is 5.16 Å². The van der Waals surface area contributed by atoms with E-state index in [1.165, 1.54) is 24.1 Å². The third-order valence-electron chi connectivity index (χ3n) is 4.07. The number of thioether (sulfide) groups is 1. The van der Waals surface area contributed by atoms with Crippen LogP contribution in [0.15, 0.2) is 21.8 Å². The molecule has 2 atom stereocenters. The minimum Gasteiger partial charge on any atom is -0.477 e. The number of nitrogens with zero attached hydrogens (tertiary/aromatic N) is 3. The van der Waals surface area contributed by atoms with Crippen LogP contribution in [0.4, 0.5) is 5.13 Å². The fourth-order valence-electron chi connectivity index (χ4n) is 2.80. The fourth-order valence-corrected chi connectivity index (χ4v) is 4.68. The first kappa shape index (κ1) is 23.4. The molecule has 5 N–H and O–H groups in total. The minimum atomic E-state index is -1.34. The molecule has 0 aliphatic carbocycles. The second-order valence-electron chi connectivity index (χ2n) is 5.92. The van der Waals surface area contributed by atoms with Gasteiger partial charge in [0.25, 0.3) is 11.8 Å². The highest BCUT2D eigenvalue weighted by atomic mass is 35.5. The maximum Gasteiger partial charge on any atom is 0.352 e. The monoisotopic (exact) mass is 477 g/mol. The summed E-state index contributed by atoms with van der Waals surface area (Å²) in [5.41, 5.74) is 5.13. The number of amides is 2. The third kappa shape index (κ3) is 4.34. The van der Waals surface area contributed by atoms with Gasteiger partial charge in [0.05, 0.1) is 0 Å². The van der Waals surface area contributed by atoms with Crippen molar-refractivity contribution in [1.29, 1.82) is 0 Å². The number of fused-ring (bicyclic) bond motifs is 1. The summed E-state index contributed by atoms with van der Waals surface area (Å²) in [5, 5.41) is 24.9. The highest BCUT2D eigenvalue weighted by molar-refractivity contribution is 8.00. The molecule has 2 aliphatic heterocycles. The number of ether oxygens (including phenoxy) is 1. The van der Waals surface area contributed by atoms with E-state index >= 15 is 0 Å². The van der Waals surface area contributed by atoms with Crippen molar-refractivity contribution in [2.24, 2.45) is 5.16 Å². The van der Waals surface area contributed by atoms with Gasteiger partial charge in [-0.05, 0) is 0 Å². The molecule has 162 valence electrons. The van der Waals surface area contributed by atoms with Crippen LogP contribution in [0.1, 0.15) is 12.6 Å². The smallest absolute Gasteiger partial charge is 0.352 e. The lowest BCUT2D eigenvalue weighted by Crippen LogP contribution is -2.71. The topological polar surface area (TPSA) is 185 Å². The quantitative estimate of drug-likeness (QED) is 0.138. The standard InChI is InChI=1S/C15H15N5O7S2.ClH/c1-5(21)27-2-6-3-28-13-9(12(23)20(13)10(6)14(24)25)18-11(22)8(19-26)7-4-29-15(16)17-7;/h4,9,13,26H,2-3H2,1H3,(H2,16,17)(H,18,22)(H,24,25);1H/b19-8+;. The number of hydrogen-bond donors (Lipinski definition) is 4. The Bertz CT molecular complexity index is 963. The first-order valence-corrected chi connectivity index (χ1v) is 9.95. The van der Waals surface area contributed by atoms with E-state index in [2.05, 4.69) is 15.5 Å². The summed E-state index contributed by atoms with van der Waals surface area (Å²) in [6.45, 7) is 0.945. The number of anilines is 1. The van der Waals surface area contributed by atoms with Gasteiger partial charge in [-0.2, -0.15) is 0 Å². The molecule has 3 rings (SSSR count). The van der Waals surface area contributed by atoms with Crippen molar-refractivity contribution >= 4 is 70.1 Å². The van der Waals surface area contributed by atoms with Crippen molar-refractivity contribution in [3.8, 4) is 0 Å². The van der Waals surface area contributed by atoms with Crippen molar-refractivity contribution in [2.45, 2.75) is 18.3 Å². The lowest BCUT2D eigenvalue weighted by atomic mass is 10.0. The number of carboxylic acids is 1. The minimum absolute atomic E-state index is 0. The lowest BCUT2D eigenvalue weighted by Gasteiger charge is -2.49. The third-order valence-corrected chi connectivity index (χ3v) is 6.08. The predicted molar refractivity (Wildman–Crippen MR) is 108 cm³/mol. The van der Waals surface area contributed by atoms with E-state index in [0.29, 0.717) is 0 Å². The normalized spacial score (nSPS) is 20.6. The van der Waals surface area contributed by atoms with Gasteiger partial charge in [0.15, 0.2) is 10.8 Å². The first-order valence-electron chi connectivity index (χ1n) is 8.02. The molecule has 0 radical (unpaired) electrons. The van der Waals surface area contributed by atoms with Gasteiger partial charge in [-0.3, -0.25) is 19.3 Å². The molecule has 15 heteroatoms. The van der Waals surface area contributed by atoms with E-state index in [1.54, 1.807) is 0 Å². The summed E-state index contributed by atoms with van der Waals surface area (Å²) in [5.74, 6) is -3.23. The summed E-state index contributed by atoms with van der Waals surface area (Å²) in [6.07, 6.45) is 0. The summed E-state index contributed by atoms with van der Waals surface area (Å²) >= 11 is 2.25. The highest BCUT2D eigenvalue weighted by Gasteiger charge is 2.54. The first-order chi connectivity index (χ1) is 13.7. The number of nitrogen functional groups attached to an aromatic ring is 1. The van der Waals surface area contributed by atoms with Gasteiger partial charge < -0.3 is 26.1 Å². The van der Waals surface area contributed by atoms with Crippen LogP contribution in [-0.4, -0.2) is 73.4 Å². The summed E-state index contributed by atoms with van der Waals surface area (Å²) in [6, 6.07) is -1.02. The van der Waals surface area contributed by atoms with Crippen molar-refractivity contribution < 1.29 is 34.2 Å². The number of thiazole rings is 1. The second-order valence-corrected chi connectivity index (χ2v) is 7.91. The van der Waals surface area contributed by atoms with Gasteiger partial charge >= 0.3 is 11.9 Å². The Morgan fingerprint density at radius 1 is 1.47 bits per heavy atom. The molecule has 0 spiro atoms. The lowest BCUT2D eigenvalue weighted by molar-refractivity contribution is -0.150. The van der Waals surface area contributed by atoms with Gasteiger partial charge in [-0.25, -0.2) is 9.78 Å². The SMILES string of the molecule is CC(=O)OCC1=C(C(=O)O)N2C(=O)C(NC(=O)/C(=N/O)c3csc(N)n3)C2SC1.Cl. The zero-order chi connectivity index (χ0) is 21.3. The average Bonchev–Trinajstić information content (AvgIpc) is 3.09. The number of carbonyl (C=O) groups excluding carboxylic acids is 3. The highest BCUT2D eigenvalue weighted by Crippen LogP contribution is 2.40. The molecule has 2 amide bonds. The van der Waals surface area contributed by atoms with Gasteiger partial charge in [0.1, 0.15) is 29.4 Å². The molecule has 1 aromatic rings. The average molecular weight is 478 g/mol. The van der Waals surface area contributed by atoms with Crippen molar-refractivity contribution in [2.75, 3.05) is 18.1 Å². The molecule has 0 saturated carbocycles. The number of hydrogen-bond acceptors (Lipinski definition) is 11. The van der Waals surface area contributed by atoms with E-state index in [4.69, 9.17) is 15.7 Å². The number of nitrogens with two attached hydrogens (primary N) is 1. The molecular formula is C15H16ClN5O7S2. The molecule has 12 nitrogen and oxygen atoms in total. The molecule has 30 heavy (non-hydrogen) atoms. The molecule has 0 bridgehead atoms. The molecule has 1 aromatic heterocycles. The fraction of sp³-hybridized carbons (Fsp3) is 0.333.